The average molecular weight is 375 g/mol. The normalized spacial score (nSPS) is 10.9. The number of aromatic nitrogens is 1. The number of methoxy groups -OCH3 is 1. The molecule has 0 aliphatic heterocycles. The molecule has 6 heteroatoms. The van der Waals surface area contributed by atoms with Crippen molar-refractivity contribution in [1.29, 1.82) is 0 Å². The molecule has 0 N–H and O–H groups in total. The summed E-state index contributed by atoms with van der Waals surface area (Å²) < 4.78 is 15.8. The Morgan fingerprint density at radius 1 is 1.07 bits per heavy atom. The summed E-state index contributed by atoms with van der Waals surface area (Å²) in [5, 5.41) is 1.66. The Morgan fingerprint density at radius 3 is 2.79 bits per heavy atom. The number of ether oxygens (including phenoxy) is 2. The lowest BCUT2D eigenvalue weighted by Crippen LogP contribution is -2.10. The minimum atomic E-state index is -0.509. The molecule has 0 saturated carbocycles. The van der Waals surface area contributed by atoms with Crippen molar-refractivity contribution in [3.8, 4) is 5.75 Å². The van der Waals surface area contributed by atoms with Gasteiger partial charge in [-0.3, -0.25) is 9.78 Å². The predicted octanol–water partition coefficient (Wildman–Crippen LogP) is 3.64. The molecular formula is C22H17NO5. The Balaban J connectivity index is 1.54. The van der Waals surface area contributed by atoms with Crippen molar-refractivity contribution < 1.29 is 18.7 Å². The monoisotopic (exact) mass is 375 g/mol. The molecule has 4 aromatic rings. The van der Waals surface area contributed by atoms with Crippen LogP contribution in [-0.2, 0) is 22.6 Å². The summed E-state index contributed by atoms with van der Waals surface area (Å²) in [6, 6.07) is 16.0. The topological polar surface area (TPSA) is 78.6 Å². The summed E-state index contributed by atoms with van der Waals surface area (Å²) in [5.41, 5.74) is 2.03. The van der Waals surface area contributed by atoms with Crippen LogP contribution in [0.2, 0.25) is 0 Å². The summed E-state index contributed by atoms with van der Waals surface area (Å²) in [4.78, 5) is 28.6. The van der Waals surface area contributed by atoms with E-state index in [1.54, 1.807) is 24.4 Å². The van der Waals surface area contributed by atoms with Gasteiger partial charge < -0.3 is 13.9 Å². The van der Waals surface area contributed by atoms with E-state index < -0.39 is 11.6 Å². The van der Waals surface area contributed by atoms with Gasteiger partial charge in [0.05, 0.1) is 19.0 Å². The maximum Gasteiger partial charge on any atom is 0.336 e. The van der Waals surface area contributed by atoms with E-state index in [4.69, 9.17) is 13.9 Å². The predicted molar refractivity (Wildman–Crippen MR) is 104 cm³/mol. The smallest absolute Gasteiger partial charge is 0.336 e. The zero-order valence-corrected chi connectivity index (χ0v) is 15.2. The fourth-order valence-electron chi connectivity index (χ4n) is 3.13. The maximum absolute atomic E-state index is 12.4. The van der Waals surface area contributed by atoms with Crippen molar-refractivity contribution >= 4 is 27.8 Å². The van der Waals surface area contributed by atoms with Gasteiger partial charge in [-0.2, -0.15) is 0 Å². The third-order valence-corrected chi connectivity index (χ3v) is 4.48. The molecule has 140 valence electrons. The maximum atomic E-state index is 12.4. The zero-order valence-electron chi connectivity index (χ0n) is 15.2. The van der Waals surface area contributed by atoms with Crippen LogP contribution in [0.4, 0.5) is 0 Å². The molecule has 0 radical (unpaired) electrons. The zero-order chi connectivity index (χ0) is 19.5. The van der Waals surface area contributed by atoms with Crippen molar-refractivity contribution in [1.82, 2.24) is 4.98 Å². The lowest BCUT2D eigenvalue weighted by molar-refractivity contribution is -0.144. The highest BCUT2D eigenvalue weighted by Gasteiger charge is 2.12. The number of carbonyl (C=O) groups is 1. The molecule has 0 saturated heterocycles. The van der Waals surface area contributed by atoms with Crippen LogP contribution in [0.1, 0.15) is 11.1 Å². The van der Waals surface area contributed by atoms with Crippen molar-refractivity contribution in [2.24, 2.45) is 0 Å². The molecule has 0 unspecified atom stereocenters. The van der Waals surface area contributed by atoms with Gasteiger partial charge in [-0.15, -0.1) is 0 Å². The second-order valence-electron chi connectivity index (χ2n) is 6.28. The Kier molecular flexibility index (Phi) is 4.76. The number of hydrogen-bond acceptors (Lipinski definition) is 6. The van der Waals surface area contributed by atoms with Gasteiger partial charge in [0.15, 0.2) is 0 Å². The van der Waals surface area contributed by atoms with Gasteiger partial charge in [-0.1, -0.05) is 24.3 Å². The van der Waals surface area contributed by atoms with Gasteiger partial charge >= 0.3 is 11.6 Å². The molecule has 2 aromatic heterocycles. The largest absolute Gasteiger partial charge is 0.497 e. The standard InChI is InChI=1S/C22H17NO5/c1-26-17-7-8-18-16(11-21(25)28-19(18)12-17)13-27-20(24)10-15-5-2-4-14-6-3-9-23-22(14)15/h2-9,11-12H,10,13H2,1H3. The van der Waals surface area contributed by atoms with Gasteiger partial charge in [0, 0.05) is 34.7 Å². The van der Waals surface area contributed by atoms with Crippen LogP contribution in [0.25, 0.3) is 21.9 Å². The number of pyridine rings is 1. The Labute approximate surface area is 160 Å². The van der Waals surface area contributed by atoms with E-state index in [0.717, 1.165) is 16.5 Å². The molecule has 4 rings (SSSR count). The molecule has 0 aliphatic carbocycles. The van der Waals surface area contributed by atoms with E-state index in [9.17, 15) is 9.59 Å². The number of benzene rings is 2. The minimum absolute atomic E-state index is 0.0224. The summed E-state index contributed by atoms with van der Waals surface area (Å²) in [5.74, 6) is 0.182. The summed E-state index contributed by atoms with van der Waals surface area (Å²) in [6.45, 7) is -0.0224. The fourth-order valence-corrected chi connectivity index (χ4v) is 3.13. The number of rotatable bonds is 5. The molecule has 28 heavy (non-hydrogen) atoms. The van der Waals surface area contributed by atoms with E-state index in [-0.39, 0.29) is 13.0 Å². The first-order chi connectivity index (χ1) is 13.6. The number of hydrogen-bond donors (Lipinski definition) is 0. The third-order valence-electron chi connectivity index (χ3n) is 4.48. The van der Waals surface area contributed by atoms with Crippen LogP contribution in [0.5, 0.6) is 5.75 Å². The first-order valence-corrected chi connectivity index (χ1v) is 8.73. The van der Waals surface area contributed by atoms with Crippen LogP contribution in [0.15, 0.2) is 70.0 Å². The number of nitrogens with zero attached hydrogens (tertiary/aromatic N) is 1. The third kappa shape index (κ3) is 3.57. The lowest BCUT2D eigenvalue weighted by Gasteiger charge is -2.09. The molecular weight excluding hydrogens is 358 g/mol. The van der Waals surface area contributed by atoms with Gasteiger partial charge in [-0.05, 0) is 23.8 Å². The fraction of sp³-hybridized carbons (Fsp3) is 0.136. The van der Waals surface area contributed by atoms with Gasteiger partial charge in [0.1, 0.15) is 17.9 Å². The van der Waals surface area contributed by atoms with E-state index in [2.05, 4.69) is 4.98 Å². The summed E-state index contributed by atoms with van der Waals surface area (Å²) in [6.07, 6.45) is 1.79. The highest BCUT2D eigenvalue weighted by molar-refractivity contribution is 5.86. The first-order valence-electron chi connectivity index (χ1n) is 8.73. The molecule has 0 aliphatic rings. The Bertz CT molecular complexity index is 1220. The number of carbonyl (C=O) groups excluding carboxylic acids is 1. The van der Waals surface area contributed by atoms with Gasteiger partial charge in [0.2, 0.25) is 0 Å². The minimum Gasteiger partial charge on any atom is -0.497 e. The highest BCUT2D eigenvalue weighted by atomic mass is 16.5. The average Bonchev–Trinajstić information content (AvgIpc) is 2.71. The highest BCUT2D eigenvalue weighted by Crippen LogP contribution is 2.23. The van der Waals surface area contributed by atoms with Crippen LogP contribution in [-0.4, -0.2) is 18.1 Å². The van der Waals surface area contributed by atoms with Crippen LogP contribution >= 0.6 is 0 Å². The van der Waals surface area contributed by atoms with E-state index >= 15 is 0 Å². The van der Waals surface area contributed by atoms with Crippen molar-refractivity contribution in [2.45, 2.75) is 13.0 Å². The molecule has 2 heterocycles. The molecule has 0 atom stereocenters. The van der Waals surface area contributed by atoms with Gasteiger partial charge in [-0.25, -0.2) is 4.79 Å². The molecule has 2 aromatic carbocycles. The first kappa shape index (κ1) is 17.7. The molecule has 0 amide bonds. The van der Waals surface area contributed by atoms with E-state index in [1.807, 2.05) is 30.3 Å². The van der Waals surface area contributed by atoms with Crippen molar-refractivity contribution in [3.63, 3.8) is 0 Å². The molecule has 0 bridgehead atoms. The van der Waals surface area contributed by atoms with E-state index in [1.165, 1.54) is 13.2 Å². The number of fused-ring (bicyclic) bond motifs is 2. The van der Waals surface area contributed by atoms with Crippen molar-refractivity contribution in [3.05, 3.63) is 82.3 Å². The Morgan fingerprint density at radius 2 is 1.93 bits per heavy atom. The van der Waals surface area contributed by atoms with E-state index in [0.29, 0.717) is 22.3 Å². The molecule has 0 fully saturated rings. The van der Waals surface area contributed by atoms with Crippen LogP contribution in [0.3, 0.4) is 0 Å². The number of para-hydroxylation sites is 1. The van der Waals surface area contributed by atoms with Crippen LogP contribution in [0, 0.1) is 0 Å². The Hall–Kier alpha value is -3.67. The lowest BCUT2D eigenvalue weighted by atomic mass is 10.1. The summed E-state index contributed by atoms with van der Waals surface area (Å²) in [7, 11) is 1.53. The molecule has 6 nitrogen and oxygen atoms in total. The quantitative estimate of drug-likeness (QED) is 0.391. The summed E-state index contributed by atoms with van der Waals surface area (Å²) >= 11 is 0. The van der Waals surface area contributed by atoms with Crippen molar-refractivity contribution in [2.75, 3.05) is 7.11 Å². The second kappa shape index (κ2) is 7.52. The molecule has 0 spiro atoms. The SMILES string of the molecule is COc1ccc2c(COC(=O)Cc3cccc4cccnc34)cc(=O)oc2c1. The van der Waals surface area contributed by atoms with Gasteiger partial charge in [0.25, 0.3) is 0 Å². The second-order valence-corrected chi connectivity index (χ2v) is 6.28. The van der Waals surface area contributed by atoms with Crippen LogP contribution < -0.4 is 10.4 Å². The number of esters is 1.